The van der Waals surface area contributed by atoms with Gasteiger partial charge in [-0.15, -0.1) is 0 Å². The predicted octanol–water partition coefficient (Wildman–Crippen LogP) is 4.43. The standard InChI is InChI=1S/C20H25NO2/c1-14(2)17-6-4-16(5-7-17)13-21-15(3)18-8-9-19-20(12-18)23-11-10-22-19/h4-9,12,14-15,21H,10-11,13H2,1-3H3/t15-/m1/s1. The zero-order valence-electron chi connectivity index (χ0n) is 14.1. The molecule has 0 saturated heterocycles. The molecule has 2 aromatic carbocycles. The van der Waals surface area contributed by atoms with Gasteiger partial charge in [-0.25, -0.2) is 0 Å². The Morgan fingerprint density at radius 2 is 1.52 bits per heavy atom. The zero-order valence-corrected chi connectivity index (χ0v) is 14.1. The molecular weight excluding hydrogens is 286 g/mol. The van der Waals surface area contributed by atoms with Gasteiger partial charge >= 0.3 is 0 Å². The smallest absolute Gasteiger partial charge is 0.161 e. The molecule has 0 aromatic heterocycles. The van der Waals surface area contributed by atoms with Crippen molar-refractivity contribution in [2.75, 3.05) is 13.2 Å². The Hall–Kier alpha value is -2.00. The molecule has 1 aliphatic rings. The van der Waals surface area contributed by atoms with Crippen LogP contribution in [0, 0.1) is 0 Å². The number of ether oxygens (including phenoxy) is 2. The average Bonchev–Trinajstić information content (AvgIpc) is 2.59. The van der Waals surface area contributed by atoms with Crippen molar-refractivity contribution in [1.82, 2.24) is 5.32 Å². The van der Waals surface area contributed by atoms with Crippen LogP contribution in [0.15, 0.2) is 42.5 Å². The van der Waals surface area contributed by atoms with Crippen molar-refractivity contribution in [2.24, 2.45) is 0 Å². The van der Waals surface area contributed by atoms with Crippen LogP contribution in [0.2, 0.25) is 0 Å². The Morgan fingerprint density at radius 1 is 0.870 bits per heavy atom. The summed E-state index contributed by atoms with van der Waals surface area (Å²) in [5, 5.41) is 3.57. The summed E-state index contributed by atoms with van der Waals surface area (Å²) in [5.74, 6) is 2.27. The lowest BCUT2D eigenvalue weighted by molar-refractivity contribution is 0.171. The van der Waals surface area contributed by atoms with Gasteiger partial charge in [0.15, 0.2) is 11.5 Å². The first-order chi connectivity index (χ1) is 11.1. The largest absolute Gasteiger partial charge is 0.486 e. The molecule has 0 fully saturated rings. The highest BCUT2D eigenvalue weighted by atomic mass is 16.6. The van der Waals surface area contributed by atoms with E-state index in [0.717, 1.165) is 18.0 Å². The summed E-state index contributed by atoms with van der Waals surface area (Å²) in [7, 11) is 0. The first-order valence-electron chi connectivity index (χ1n) is 8.35. The third-order valence-electron chi connectivity index (χ3n) is 4.32. The molecule has 0 aliphatic carbocycles. The van der Waals surface area contributed by atoms with E-state index in [-0.39, 0.29) is 6.04 Å². The van der Waals surface area contributed by atoms with Crippen molar-refractivity contribution in [3.63, 3.8) is 0 Å². The maximum absolute atomic E-state index is 5.66. The SMILES string of the molecule is CC(C)c1ccc(CN[C@H](C)c2ccc3c(c2)OCCO3)cc1. The monoisotopic (exact) mass is 311 g/mol. The highest BCUT2D eigenvalue weighted by molar-refractivity contribution is 5.44. The lowest BCUT2D eigenvalue weighted by Gasteiger charge is -2.21. The van der Waals surface area contributed by atoms with Crippen molar-refractivity contribution >= 4 is 0 Å². The van der Waals surface area contributed by atoms with Crippen LogP contribution in [-0.2, 0) is 6.54 Å². The van der Waals surface area contributed by atoms with E-state index in [2.05, 4.69) is 62.5 Å². The molecule has 3 heteroatoms. The molecule has 2 aromatic rings. The summed E-state index contributed by atoms with van der Waals surface area (Å²) in [6, 6.07) is 15.3. The minimum atomic E-state index is 0.260. The van der Waals surface area contributed by atoms with Crippen LogP contribution in [0.4, 0.5) is 0 Å². The third kappa shape index (κ3) is 3.85. The quantitative estimate of drug-likeness (QED) is 0.886. The summed E-state index contributed by atoms with van der Waals surface area (Å²) in [4.78, 5) is 0. The minimum absolute atomic E-state index is 0.260. The van der Waals surface area contributed by atoms with Gasteiger partial charge in [-0.1, -0.05) is 44.2 Å². The van der Waals surface area contributed by atoms with E-state index in [9.17, 15) is 0 Å². The maximum Gasteiger partial charge on any atom is 0.161 e. The van der Waals surface area contributed by atoms with Gasteiger partial charge in [0.2, 0.25) is 0 Å². The van der Waals surface area contributed by atoms with E-state index in [1.165, 1.54) is 16.7 Å². The molecule has 122 valence electrons. The summed E-state index contributed by atoms with van der Waals surface area (Å²) >= 11 is 0. The second-order valence-corrected chi connectivity index (χ2v) is 6.40. The third-order valence-corrected chi connectivity index (χ3v) is 4.32. The molecule has 0 unspecified atom stereocenters. The van der Waals surface area contributed by atoms with Crippen LogP contribution in [0.25, 0.3) is 0 Å². The van der Waals surface area contributed by atoms with Gasteiger partial charge < -0.3 is 14.8 Å². The van der Waals surface area contributed by atoms with Crippen LogP contribution >= 0.6 is 0 Å². The molecule has 0 bridgehead atoms. The number of hydrogen-bond donors (Lipinski definition) is 1. The second-order valence-electron chi connectivity index (χ2n) is 6.40. The summed E-state index contributed by atoms with van der Waals surface area (Å²) in [6.07, 6.45) is 0. The van der Waals surface area contributed by atoms with E-state index in [1.54, 1.807) is 0 Å². The summed E-state index contributed by atoms with van der Waals surface area (Å²) in [5.41, 5.74) is 3.90. The molecular formula is C20H25NO2. The topological polar surface area (TPSA) is 30.5 Å². The van der Waals surface area contributed by atoms with Crippen molar-refractivity contribution in [3.8, 4) is 11.5 Å². The Labute approximate surface area is 138 Å². The van der Waals surface area contributed by atoms with Gasteiger partial charge in [-0.2, -0.15) is 0 Å². The van der Waals surface area contributed by atoms with Gasteiger partial charge in [0, 0.05) is 12.6 Å². The first-order valence-corrected chi connectivity index (χ1v) is 8.35. The highest BCUT2D eigenvalue weighted by Gasteiger charge is 2.14. The lowest BCUT2D eigenvalue weighted by Crippen LogP contribution is -2.19. The fourth-order valence-corrected chi connectivity index (χ4v) is 2.74. The molecule has 0 saturated carbocycles. The normalized spacial score (nSPS) is 14.8. The molecule has 1 atom stereocenters. The Kier molecular flexibility index (Phi) is 4.87. The molecule has 23 heavy (non-hydrogen) atoms. The number of rotatable bonds is 5. The Bertz CT molecular complexity index is 649. The summed E-state index contributed by atoms with van der Waals surface area (Å²) < 4.78 is 11.2. The zero-order chi connectivity index (χ0) is 16.2. The summed E-state index contributed by atoms with van der Waals surface area (Å²) in [6.45, 7) is 8.73. The Morgan fingerprint density at radius 3 is 2.22 bits per heavy atom. The van der Waals surface area contributed by atoms with Crippen LogP contribution in [0.5, 0.6) is 11.5 Å². The van der Waals surface area contributed by atoms with Crippen LogP contribution in [-0.4, -0.2) is 13.2 Å². The van der Waals surface area contributed by atoms with Crippen LogP contribution in [0.3, 0.4) is 0 Å². The van der Waals surface area contributed by atoms with Gasteiger partial charge in [0.25, 0.3) is 0 Å². The molecule has 1 heterocycles. The van der Waals surface area contributed by atoms with Crippen molar-refractivity contribution in [1.29, 1.82) is 0 Å². The Balaban J connectivity index is 1.61. The van der Waals surface area contributed by atoms with Gasteiger partial charge in [-0.3, -0.25) is 0 Å². The number of nitrogens with one attached hydrogen (secondary N) is 1. The average molecular weight is 311 g/mol. The number of fused-ring (bicyclic) bond motifs is 1. The molecule has 0 amide bonds. The van der Waals surface area contributed by atoms with Crippen molar-refractivity contribution < 1.29 is 9.47 Å². The second kappa shape index (κ2) is 7.05. The van der Waals surface area contributed by atoms with E-state index in [1.807, 2.05) is 6.07 Å². The lowest BCUT2D eigenvalue weighted by atomic mass is 10.0. The van der Waals surface area contributed by atoms with Crippen LogP contribution in [0.1, 0.15) is 49.4 Å². The molecule has 1 N–H and O–H groups in total. The fourth-order valence-electron chi connectivity index (χ4n) is 2.74. The van der Waals surface area contributed by atoms with Crippen molar-refractivity contribution in [2.45, 2.75) is 39.3 Å². The van der Waals surface area contributed by atoms with E-state index >= 15 is 0 Å². The van der Waals surface area contributed by atoms with Gasteiger partial charge in [0.1, 0.15) is 13.2 Å². The fraction of sp³-hybridized carbons (Fsp3) is 0.400. The molecule has 0 spiro atoms. The number of hydrogen-bond acceptors (Lipinski definition) is 3. The molecule has 0 radical (unpaired) electrons. The van der Waals surface area contributed by atoms with E-state index in [4.69, 9.17) is 9.47 Å². The molecule has 3 nitrogen and oxygen atoms in total. The van der Waals surface area contributed by atoms with Gasteiger partial charge in [0.05, 0.1) is 0 Å². The number of benzene rings is 2. The molecule has 1 aliphatic heterocycles. The highest BCUT2D eigenvalue weighted by Crippen LogP contribution is 2.32. The van der Waals surface area contributed by atoms with Crippen molar-refractivity contribution in [3.05, 3.63) is 59.2 Å². The van der Waals surface area contributed by atoms with E-state index < -0.39 is 0 Å². The van der Waals surface area contributed by atoms with Gasteiger partial charge in [-0.05, 0) is 41.7 Å². The molecule has 3 rings (SSSR count). The van der Waals surface area contributed by atoms with E-state index in [0.29, 0.717) is 19.1 Å². The first kappa shape index (κ1) is 15.9. The maximum atomic E-state index is 5.66. The predicted molar refractivity (Wildman–Crippen MR) is 93.2 cm³/mol. The van der Waals surface area contributed by atoms with Crippen LogP contribution < -0.4 is 14.8 Å². The minimum Gasteiger partial charge on any atom is -0.486 e.